The van der Waals surface area contributed by atoms with Gasteiger partial charge < -0.3 is 15.4 Å². The zero-order valence-electron chi connectivity index (χ0n) is 14.4. The van der Waals surface area contributed by atoms with E-state index in [-0.39, 0.29) is 12.1 Å². The molecule has 1 aliphatic carbocycles. The highest BCUT2D eigenvalue weighted by molar-refractivity contribution is 5.75. The van der Waals surface area contributed by atoms with Gasteiger partial charge >= 0.3 is 6.03 Å². The first kappa shape index (κ1) is 17.4. The summed E-state index contributed by atoms with van der Waals surface area (Å²) < 4.78 is 5.67. The fourth-order valence-corrected chi connectivity index (χ4v) is 2.93. The molecule has 0 heterocycles. The number of hydrogen-bond acceptors (Lipinski definition) is 2. The third-order valence-electron chi connectivity index (χ3n) is 4.18. The number of nitrogens with one attached hydrogen (secondary N) is 2. The van der Waals surface area contributed by atoms with E-state index in [0.29, 0.717) is 6.61 Å². The van der Waals surface area contributed by atoms with Crippen molar-refractivity contribution in [3.8, 4) is 5.75 Å². The molecule has 126 valence electrons. The van der Waals surface area contributed by atoms with Gasteiger partial charge in [0.05, 0.1) is 12.6 Å². The molecule has 0 aliphatic heterocycles. The Morgan fingerprint density at radius 2 is 2.04 bits per heavy atom. The highest BCUT2D eigenvalue weighted by atomic mass is 16.5. The summed E-state index contributed by atoms with van der Waals surface area (Å²) in [5.74, 6) is 0.830. The summed E-state index contributed by atoms with van der Waals surface area (Å²) in [7, 11) is 0. The molecule has 1 aromatic carbocycles. The number of amides is 2. The second-order valence-electron chi connectivity index (χ2n) is 6.18. The Morgan fingerprint density at radius 1 is 1.30 bits per heavy atom. The Labute approximate surface area is 139 Å². The molecule has 1 unspecified atom stereocenters. The molecule has 4 nitrogen and oxygen atoms in total. The second kappa shape index (κ2) is 8.61. The first-order chi connectivity index (χ1) is 11.1. The van der Waals surface area contributed by atoms with Crippen LogP contribution in [0.1, 0.15) is 63.1 Å². The van der Waals surface area contributed by atoms with Crippen LogP contribution >= 0.6 is 0 Å². The summed E-state index contributed by atoms with van der Waals surface area (Å²) in [5.41, 5.74) is 3.50. The van der Waals surface area contributed by atoms with Crippen molar-refractivity contribution >= 4 is 6.03 Å². The summed E-state index contributed by atoms with van der Waals surface area (Å²) in [5, 5.41) is 5.85. The number of carbonyl (C=O) groups is 1. The molecule has 0 radical (unpaired) electrons. The molecule has 4 heteroatoms. The van der Waals surface area contributed by atoms with Gasteiger partial charge in [0, 0.05) is 11.8 Å². The van der Waals surface area contributed by atoms with E-state index in [2.05, 4.69) is 16.7 Å². The maximum absolute atomic E-state index is 12.1. The van der Waals surface area contributed by atoms with Gasteiger partial charge in [0.1, 0.15) is 5.75 Å². The van der Waals surface area contributed by atoms with Crippen LogP contribution in [0.4, 0.5) is 4.79 Å². The van der Waals surface area contributed by atoms with E-state index in [4.69, 9.17) is 4.74 Å². The number of rotatable bonds is 5. The number of allylic oxidation sites excluding steroid dienone is 1. The van der Waals surface area contributed by atoms with Crippen LogP contribution in [0.5, 0.6) is 5.75 Å². The van der Waals surface area contributed by atoms with Gasteiger partial charge in [-0.1, -0.05) is 29.7 Å². The minimum absolute atomic E-state index is 0.110. The average molecular weight is 316 g/mol. The zero-order chi connectivity index (χ0) is 16.7. The van der Waals surface area contributed by atoms with Crippen LogP contribution in [-0.2, 0) is 0 Å². The van der Waals surface area contributed by atoms with Gasteiger partial charge in [-0.25, -0.2) is 4.79 Å². The smallest absolute Gasteiger partial charge is 0.319 e. The lowest BCUT2D eigenvalue weighted by molar-refractivity contribution is 0.240. The number of hydrogen-bond donors (Lipinski definition) is 2. The Morgan fingerprint density at radius 3 is 2.74 bits per heavy atom. The third-order valence-corrected chi connectivity index (χ3v) is 4.18. The van der Waals surface area contributed by atoms with Crippen molar-refractivity contribution in [2.24, 2.45) is 0 Å². The summed E-state index contributed by atoms with van der Waals surface area (Å²) in [6.45, 7) is 6.59. The van der Waals surface area contributed by atoms with Crippen LogP contribution in [0.3, 0.4) is 0 Å². The lowest BCUT2D eigenvalue weighted by atomic mass is 9.96. The van der Waals surface area contributed by atoms with Crippen molar-refractivity contribution in [3.05, 3.63) is 41.1 Å². The zero-order valence-corrected chi connectivity index (χ0v) is 14.4. The van der Waals surface area contributed by atoms with Crippen LogP contribution in [0, 0.1) is 6.92 Å². The fourth-order valence-electron chi connectivity index (χ4n) is 2.93. The van der Waals surface area contributed by atoms with Crippen LogP contribution in [0.25, 0.3) is 0 Å². The highest BCUT2D eigenvalue weighted by Gasteiger charge is 2.14. The molecule has 0 bridgehead atoms. The van der Waals surface area contributed by atoms with E-state index < -0.39 is 0 Å². The van der Waals surface area contributed by atoms with Gasteiger partial charge in [0.15, 0.2) is 0 Å². The molecular weight excluding hydrogens is 288 g/mol. The van der Waals surface area contributed by atoms with Gasteiger partial charge in [0.2, 0.25) is 0 Å². The normalized spacial score (nSPS) is 15.7. The van der Waals surface area contributed by atoms with E-state index >= 15 is 0 Å². The Balaban J connectivity index is 1.96. The lowest BCUT2D eigenvalue weighted by Gasteiger charge is -2.19. The molecule has 1 atom stereocenters. The average Bonchev–Trinajstić information content (AvgIpc) is 2.55. The molecule has 1 saturated carbocycles. The van der Waals surface area contributed by atoms with E-state index in [1.54, 1.807) is 0 Å². The van der Waals surface area contributed by atoms with Crippen molar-refractivity contribution in [2.45, 2.75) is 58.9 Å². The van der Waals surface area contributed by atoms with Crippen LogP contribution in [0.15, 0.2) is 30.0 Å². The highest BCUT2D eigenvalue weighted by Crippen LogP contribution is 2.26. The number of ether oxygens (including phenoxy) is 1. The summed E-state index contributed by atoms with van der Waals surface area (Å²) >= 11 is 0. The minimum atomic E-state index is -0.167. The molecule has 23 heavy (non-hydrogen) atoms. The van der Waals surface area contributed by atoms with Crippen molar-refractivity contribution in [2.75, 3.05) is 6.61 Å². The fraction of sp³-hybridized carbons (Fsp3) is 0.526. The molecule has 2 rings (SSSR count). The van der Waals surface area contributed by atoms with Gasteiger partial charge in [-0.3, -0.25) is 0 Å². The molecule has 2 amide bonds. The molecule has 0 aromatic heterocycles. The lowest BCUT2D eigenvalue weighted by Crippen LogP contribution is -2.34. The Hall–Kier alpha value is -1.97. The predicted octanol–water partition coefficient (Wildman–Crippen LogP) is 4.60. The van der Waals surface area contributed by atoms with E-state index in [1.165, 1.54) is 24.8 Å². The first-order valence-corrected chi connectivity index (χ1v) is 8.58. The maximum atomic E-state index is 12.1. The molecular formula is C19H28N2O2. The van der Waals surface area contributed by atoms with Gasteiger partial charge in [-0.2, -0.15) is 0 Å². The van der Waals surface area contributed by atoms with Gasteiger partial charge in [-0.15, -0.1) is 0 Å². The van der Waals surface area contributed by atoms with Crippen LogP contribution in [-0.4, -0.2) is 12.6 Å². The standard InChI is InChI=1S/C19H28N2O2/c1-4-23-18-11-10-14(2)12-17(18)15(3)21-19(22)20-13-16-8-6-5-7-9-16/h10-13,15H,4-9H2,1-3H3,(H2,20,21,22). The van der Waals surface area contributed by atoms with Gasteiger partial charge in [0.25, 0.3) is 0 Å². The van der Waals surface area contributed by atoms with E-state index in [0.717, 1.165) is 29.7 Å². The SMILES string of the molecule is CCOc1ccc(C)cc1C(C)NC(=O)NC=C1CCCCC1. The topological polar surface area (TPSA) is 50.4 Å². The Kier molecular flexibility index (Phi) is 6.51. The number of aryl methyl sites for hydroxylation is 1. The van der Waals surface area contributed by atoms with Crippen LogP contribution in [0.2, 0.25) is 0 Å². The van der Waals surface area contributed by atoms with Crippen molar-refractivity contribution < 1.29 is 9.53 Å². The maximum Gasteiger partial charge on any atom is 0.319 e. The molecule has 2 N–H and O–H groups in total. The molecule has 0 saturated heterocycles. The summed E-state index contributed by atoms with van der Waals surface area (Å²) in [6.07, 6.45) is 7.83. The van der Waals surface area contributed by atoms with Gasteiger partial charge in [-0.05, 0) is 52.5 Å². The number of urea groups is 1. The van der Waals surface area contributed by atoms with Crippen LogP contribution < -0.4 is 15.4 Å². The van der Waals surface area contributed by atoms with E-state index in [9.17, 15) is 4.79 Å². The predicted molar refractivity (Wildman–Crippen MR) is 93.6 cm³/mol. The second-order valence-corrected chi connectivity index (χ2v) is 6.18. The van der Waals surface area contributed by atoms with E-state index in [1.807, 2.05) is 39.1 Å². The first-order valence-electron chi connectivity index (χ1n) is 8.58. The largest absolute Gasteiger partial charge is 0.494 e. The summed E-state index contributed by atoms with van der Waals surface area (Å²) in [6, 6.07) is 5.78. The molecule has 1 aliphatic rings. The monoisotopic (exact) mass is 316 g/mol. The number of benzene rings is 1. The number of carbonyl (C=O) groups excluding carboxylic acids is 1. The molecule has 1 fully saturated rings. The molecule has 0 spiro atoms. The van der Waals surface area contributed by atoms with Crippen molar-refractivity contribution in [3.63, 3.8) is 0 Å². The molecule has 1 aromatic rings. The quantitative estimate of drug-likeness (QED) is 0.834. The minimum Gasteiger partial charge on any atom is -0.494 e. The summed E-state index contributed by atoms with van der Waals surface area (Å²) in [4.78, 5) is 12.1. The Bertz CT molecular complexity index is 558. The van der Waals surface area contributed by atoms with Crippen molar-refractivity contribution in [1.82, 2.24) is 10.6 Å². The third kappa shape index (κ3) is 5.31. The van der Waals surface area contributed by atoms with Crippen molar-refractivity contribution in [1.29, 1.82) is 0 Å².